The molecule has 1 aromatic carbocycles. The second-order valence-electron chi connectivity index (χ2n) is 9.21. The summed E-state index contributed by atoms with van der Waals surface area (Å²) in [5.41, 5.74) is 2.63. The summed E-state index contributed by atoms with van der Waals surface area (Å²) in [4.78, 5) is 29.8. The Balaban J connectivity index is 1.90. The molecule has 32 heavy (non-hydrogen) atoms. The third kappa shape index (κ3) is 3.72. The summed E-state index contributed by atoms with van der Waals surface area (Å²) in [6, 6.07) is 3.07. The Bertz CT molecular complexity index is 1220. The molecule has 1 aliphatic rings. The smallest absolute Gasteiger partial charge is 0.410 e. The molecule has 3 heterocycles. The van der Waals surface area contributed by atoms with E-state index in [9.17, 15) is 14.0 Å². The molecular formula is C23H28FN5O3. The second-order valence-corrected chi connectivity index (χ2v) is 9.21. The Morgan fingerprint density at radius 3 is 2.44 bits per heavy atom. The number of hydrogen-bond acceptors (Lipinski definition) is 4. The van der Waals surface area contributed by atoms with Crippen LogP contribution in [0.3, 0.4) is 0 Å². The number of nitrogens with zero attached hydrogens (tertiary/aromatic N) is 4. The highest BCUT2D eigenvalue weighted by Gasteiger charge is 2.36. The fourth-order valence-electron chi connectivity index (χ4n) is 4.17. The Morgan fingerprint density at radius 1 is 1.22 bits per heavy atom. The Morgan fingerprint density at radius 2 is 1.88 bits per heavy atom. The van der Waals surface area contributed by atoms with Gasteiger partial charge in [0.05, 0.1) is 18.3 Å². The molecule has 9 heteroatoms. The van der Waals surface area contributed by atoms with Crippen LogP contribution in [0.2, 0.25) is 0 Å². The third-order valence-electron chi connectivity index (χ3n) is 5.61. The summed E-state index contributed by atoms with van der Waals surface area (Å²) < 4.78 is 23.2. The number of benzene rings is 1. The molecule has 2 aromatic heterocycles. The molecule has 1 atom stereocenters. The molecule has 0 spiro atoms. The number of aromatic nitrogens is 4. The van der Waals surface area contributed by atoms with E-state index in [0.717, 1.165) is 5.69 Å². The van der Waals surface area contributed by atoms with Crippen LogP contribution in [0.4, 0.5) is 9.18 Å². The van der Waals surface area contributed by atoms with Crippen LogP contribution in [0.15, 0.2) is 29.3 Å². The average molecular weight is 442 g/mol. The summed E-state index contributed by atoms with van der Waals surface area (Å²) in [5.74, 6) is -0.262. The first-order valence-corrected chi connectivity index (χ1v) is 10.6. The zero-order valence-electron chi connectivity index (χ0n) is 19.2. The normalized spacial score (nSPS) is 16.2. The van der Waals surface area contributed by atoms with E-state index in [4.69, 9.17) is 9.84 Å². The lowest BCUT2D eigenvalue weighted by molar-refractivity contribution is 0.0120. The summed E-state index contributed by atoms with van der Waals surface area (Å²) in [6.07, 6.45) is 2.77. The number of ether oxygens (including phenoxy) is 1. The van der Waals surface area contributed by atoms with Gasteiger partial charge in [0, 0.05) is 24.5 Å². The van der Waals surface area contributed by atoms with Crippen molar-refractivity contribution in [3.05, 3.63) is 57.6 Å². The van der Waals surface area contributed by atoms with Gasteiger partial charge >= 0.3 is 11.8 Å². The quantitative estimate of drug-likeness (QED) is 0.649. The van der Waals surface area contributed by atoms with Gasteiger partial charge in [-0.1, -0.05) is 0 Å². The van der Waals surface area contributed by atoms with Crippen molar-refractivity contribution >= 4 is 6.09 Å². The molecule has 1 amide bonds. The van der Waals surface area contributed by atoms with Gasteiger partial charge in [0.15, 0.2) is 0 Å². The molecule has 170 valence electrons. The molecule has 0 saturated carbocycles. The lowest BCUT2D eigenvalue weighted by atomic mass is 10.0. The van der Waals surface area contributed by atoms with E-state index in [-0.39, 0.29) is 17.5 Å². The van der Waals surface area contributed by atoms with Gasteiger partial charge < -0.3 is 9.72 Å². The van der Waals surface area contributed by atoms with Crippen LogP contribution in [-0.4, -0.2) is 42.5 Å². The van der Waals surface area contributed by atoms with Gasteiger partial charge in [-0.15, -0.1) is 0 Å². The topological polar surface area (TPSA) is 85.2 Å². The zero-order chi connectivity index (χ0) is 23.4. The summed E-state index contributed by atoms with van der Waals surface area (Å²) in [7, 11) is 0. The minimum absolute atomic E-state index is 0.262. The summed E-state index contributed by atoms with van der Waals surface area (Å²) in [6.45, 7) is 11.7. The molecular weight excluding hydrogens is 413 g/mol. The predicted octanol–water partition coefficient (Wildman–Crippen LogP) is 4.10. The third-order valence-corrected chi connectivity index (χ3v) is 5.61. The highest BCUT2D eigenvalue weighted by molar-refractivity contribution is 5.74. The maximum Gasteiger partial charge on any atom is 0.410 e. The van der Waals surface area contributed by atoms with E-state index in [0.29, 0.717) is 41.2 Å². The van der Waals surface area contributed by atoms with Crippen LogP contribution in [0.1, 0.15) is 50.6 Å². The van der Waals surface area contributed by atoms with Gasteiger partial charge in [0.25, 0.3) is 0 Å². The van der Waals surface area contributed by atoms with Gasteiger partial charge in [-0.2, -0.15) is 5.10 Å². The van der Waals surface area contributed by atoms with Crippen LogP contribution in [0, 0.1) is 19.7 Å². The number of hydrogen-bond donors (Lipinski definition) is 1. The van der Waals surface area contributed by atoms with Crippen molar-refractivity contribution in [1.82, 2.24) is 24.2 Å². The van der Waals surface area contributed by atoms with Crippen LogP contribution >= 0.6 is 0 Å². The lowest BCUT2D eigenvalue weighted by Gasteiger charge is -2.35. The van der Waals surface area contributed by atoms with E-state index in [2.05, 4.69) is 4.98 Å². The van der Waals surface area contributed by atoms with Crippen LogP contribution in [0.5, 0.6) is 0 Å². The van der Waals surface area contributed by atoms with Crippen molar-refractivity contribution in [2.24, 2.45) is 0 Å². The number of nitrogens with one attached hydrogen (secondary N) is 1. The lowest BCUT2D eigenvalue weighted by Crippen LogP contribution is -2.44. The number of aryl methyl sites for hydroxylation is 2. The Hall–Kier alpha value is -3.36. The van der Waals surface area contributed by atoms with Crippen LogP contribution in [-0.2, 0) is 11.3 Å². The van der Waals surface area contributed by atoms with E-state index in [1.807, 2.05) is 32.4 Å². The zero-order valence-corrected chi connectivity index (χ0v) is 19.2. The van der Waals surface area contributed by atoms with Crippen molar-refractivity contribution in [2.75, 3.05) is 6.54 Å². The number of imidazole rings is 1. The molecule has 0 saturated heterocycles. The number of rotatable bonds is 2. The predicted molar refractivity (Wildman–Crippen MR) is 118 cm³/mol. The van der Waals surface area contributed by atoms with E-state index in [1.54, 1.807) is 43.3 Å². The number of carbonyl (C=O) groups is 1. The minimum Gasteiger partial charge on any atom is -0.444 e. The number of carbonyl (C=O) groups excluding carboxylic acids is 1. The number of halogens is 1. The van der Waals surface area contributed by atoms with Gasteiger partial charge in [-0.25, -0.2) is 14.0 Å². The van der Waals surface area contributed by atoms with Gasteiger partial charge in [-0.05, 0) is 64.8 Å². The first-order chi connectivity index (χ1) is 15.0. The van der Waals surface area contributed by atoms with E-state index in [1.165, 1.54) is 4.57 Å². The maximum absolute atomic E-state index is 14.3. The monoisotopic (exact) mass is 441 g/mol. The number of fused-ring (bicyclic) bond motifs is 1. The molecule has 8 nitrogen and oxygen atoms in total. The van der Waals surface area contributed by atoms with Crippen LogP contribution in [0.25, 0.3) is 16.9 Å². The molecule has 3 aromatic rings. The minimum atomic E-state index is -0.622. The number of H-pyrrole nitrogens is 1. The van der Waals surface area contributed by atoms with E-state index < -0.39 is 11.7 Å². The standard InChI is InChI=1S/C23H28FN5O3/c1-13-11-16(12-14(2)17(13)24)18-20(28-8-7-25-21(28)30)19-15(3)27(9-10-29(19)26-18)22(31)32-23(4,5)6/h7-8,11-12,15H,9-10H2,1-6H3,(H,25,30). The Labute approximate surface area is 185 Å². The summed E-state index contributed by atoms with van der Waals surface area (Å²) >= 11 is 0. The van der Waals surface area contributed by atoms with E-state index >= 15 is 0 Å². The highest BCUT2D eigenvalue weighted by Crippen LogP contribution is 2.37. The molecule has 0 radical (unpaired) electrons. The van der Waals surface area contributed by atoms with Gasteiger partial charge in [-0.3, -0.25) is 14.1 Å². The molecule has 1 unspecified atom stereocenters. The number of aromatic amines is 1. The fraction of sp³-hybridized carbons (Fsp3) is 0.435. The molecule has 1 aliphatic heterocycles. The Kier molecular flexibility index (Phi) is 5.22. The molecule has 4 rings (SSSR count). The largest absolute Gasteiger partial charge is 0.444 e. The van der Waals surface area contributed by atoms with Gasteiger partial charge in [0.1, 0.15) is 22.8 Å². The fourth-order valence-corrected chi connectivity index (χ4v) is 4.17. The number of amides is 1. The van der Waals surface area contributed by atoms with Gasteiger partial charge in [0.2, 0.25) is 0 Å². The van der Waals surface area contributed by atoms with Crippen molar-refractivity contribution in [2.45, 2.75) is 59.7 Å². The van der Waals surface area contributed by atoms with Crippen molar-refractivity contribution in [3.8, 4) is 16.9 Å². The molecule has 0 fully saturated rings. The van der Waals surface area contributed by atoms with Crippen LogP contribution < -0.4 is 5.69 Å². The average Bonchev–Trinajstić information content (AvgIpc) is 3.27. The van der Waals surface area contributed by atoms with Crippen molar-refractivity contribution in [3.63, 3.8) is 0 Å². The highest BCUT2D eigenvalue weighted by atomic mass is 19.1. The first-order valence-electron chi connectivity index (χ1n) is 10.6. The van der Waals surface area contributed by atoms with Crippen molar-refractivity contribution < 1.29 is 13.9 Å². The second kappa shape index (κ2) is 7.65. The first kappa shape index (κ1) is 21.9. The molecule has 0 bridgehead atoms. The van der Waals surface area contributed by atoms with Crippen molar-refractivity contribution in [1.29, 1.82) is 0 Å². The molecule has 1 N–H and O–H groups in total. The SMILES string of the molecule is Cc1cc(-c2nn3c(c2-n2cc[nH]c2=O)C(C)N(C(=O)OC(C)(C)C)CC3)cc(C)c1F. The maximum atomic E-state index is 14.3. The molecule has 0 aliphatic carbocycles. The summed E-state index contributed by atoms with van der Waals surface area (Å²) in [5, 5.41) is 4.79.